The molecule has 3 rings (SSSR count). The highest BCUT2D eigenvalue weighted by molar-refractivity contribution is 5.78. The van der Waals surface area contributed by atoms with Crippen molar-refractivity contribution in [3.05, 3.63) is 71.1 Å². The van der Waals surface area contributed by atoms with E-state index in [-0.39, 0.29) is 50.1 Å². The molecule has 0 amide bonds. The summed E-state index contributed by atoms with van der Waals surface area (Å²) in [5.74, 6) is 3.71. The molecule has 2 aromatic rings. The van der Waals surface area contributed by atoms with Crippen molar-refractivity contribution in [1.82, 2.24) is 4.98 Å². The fourth-order valence-electron chi connectivity index (χ4n) is 8.11. The quantitative estimate of drug-likeness (QED) is 0.0387. The van der Waals surface area contributed by atoms with Gasteiger partial charge in [-0.15, -0.1) is 24.7 Å². The monoisotopic (exact) mass is 813 g/mol. The minimum absolute atomic E-state index is 0.0923. The van der Waals surface area contributed by atoms with Gasteiger partial charge in [0, 0.05) is 36.6 Å². The highest BCUT2D eigenvalue weighted by Gasteiger charge is 2.41. The number of pyridine rings is 1. The number of aliphatic hydroxyl groups excluding tert-OH is 3. The van der Waals surface area contributed by atoms with E-state index in [1.165, 1.54) is 11.8 Å². The predicted octanol–water partition coefficient (Wildman–Crippen LogP) is 8.29. The van der Waals surface area contributed by atoms with E-state index >= 15 is 0 Å². The van der Waals surface area contributed by atoms with Crippen LogP contribution in [0.25, 0.3) is 0 Å². The molecular formula is C49H67NO9. The number of aliphatic hydroxyl groups is 3. The van der Waals surface area contributed by atoms with Gasteiger partial charge in [0.2, 0.25) is 0 Å². The molecule has 0 saturated heterocycles. The third-order valence-corrected chi connectivity index (χ3v) is 12.6. The molecule has 1 heterocycles. The molecule has 0 bridgehead atoms. The van der Waals surface area contributed by atoms with Gasteiger partial charge in [0.05, 0.1) is 34.8 Å². The number of nitrogens with zero attached hydrogens (tertiary/aromatic N) is 1. The first kappa shape index (κ1) is 48.9. The Labute approximate surface area is 352 Å². The number of ether oxygens (including phenoxy) is 3. The maximum Gasteiger partial charge on any atom is 0.313 e. The van der Waals surface area contributed by atoms with Gasteiger partial charge in [-0.05, 0) is 101 Å². The Morgan fingerprint density at radius 3 is 2.07 bits per heavy atom. The van der Waals surface area contributed by atoms with E-state index in [1.54, 1.807) is 6.92 Å². The Hall–Kier alpha value is -4.48. The van der Waals surface area contributed by atoms with Crippen LogP contribution in [0.5, 0.6) is 5.75 Å². The van der Waals surface area contributed by atoms with Crippen LogP contribution in [0, 0.1) is 54.3 Å². The summed E-state index contributed by atoms with van der Waals surface area (Å²) < 4.78 is 17.6. The van der Waals surface area contributed by atoms with Crippen molar-refractivity contribution in [3.8, 4) is 30.4 Å². The van der Waals surface area contributed by atoms with E-state index in [9.17, 15) is 29.7 Å². The molecule has 1 aromatic heterocycles. The number of terminal acetylenes is 2. The van der Waals surface area contributed by atoms with Gasteiger partial charge in [-0.3, -0.25) is 19.4 Å². The SMILES string of the molecule is C#CCC(CC)(CC)C(=O)OCc1cnc(C)c(OC(=O)CCC/C=C\C[C@@H]2[C@@H](CC[C@@H](O)CCc3ccccc3)[C@H](O)C[C@@H]2O)c1COC(=O)C(CC)(CC)CC#C. The van der Waals surface area contributed by atoms with Gasteiger partial charge in [-0.25, -0.2) is 0 Å². The number of hydrogen-bond acceptors (Lipinski definition) is 10. The second-order valence-electron chi connectivity index (χ2n) is 16.1. The zero-order chi connectivity index (χ0) is 43.4. The Balaban J connectivity index is 1.65. The first-order chi connectivity index (χ1) is 28.3. The molecule has 1 aliphatic carbocycles. The number of aryl methyl sites for hydroxylation is 2. The normalized spacial score (nSPS) is 18.5. The minimum atomic E-state index is -0.868. The first-order valence-electron chi connectivity index (χ1n) is 21.5. The number of carbonyl (C=O) groups excluding carboxylic acids is 3. The predicted molar refractivity (Wildman–Crippen MR) is 228 cm³/mol. The van der Waals surface area contributed by atoms with Gasteiger partial charge in [-0.2, -0.15) is 0 Å². The van der Waals surface area contributed by atoms with Crippen LogP contribution in [0.15, 0.2) is 48.7 Å². The third kappa shape index (κ3) is 13.8. The second-order valence-corrected chi connectivity index (χ2v) is 16.1. The fourth-order valence-corrected chi connectivity index (χ4v) is 8.11. The topological polar surface area (TPSA) is 152 Å². The molecule has 1 fully saturated rings. The molecule has 1 aromatic carbocycles. The molecule has 1 aliphatic rings. The van der Waals surface area contributed by atoms with Crippen molar-refractivity contribution in [2.75, 3.05) is 0 Å². The highest BCUT2D eigenvalue weighted by atomic mass is 16.6. The van der Waals surface area contributed by atoms with Gasteiger partial charge >= 0.3 is 17.9 Å². The summed E-state index contributed by atoms with van der Waals surface area (Å²) >= 11 is 0. The molecule has 1 saturated carbocycles. The Kier molecular flexibility index (Phi) is 20.4. The van der Waals surface area contributed by atoms with Crippen molar-refractivity contribution in [3.63, 3.8) is 0 Å². The molecule has 0 unspecified atom stereocenters. The molecule has 10 nitrogen and oxygen atoms in total. The van der Waals surface area contributed by atoms with Gasteiger partial charge in [0.15, 0.2) is 5.75 Å². The third-order valence-electron chi connectivity index (χ3n) is 12.6. The number of carbonyl (C=O) groups is 3. The fraction of sp³-hybridized carbons (Fsp3) is 0.592. The maximum atomic E-state index is 13.5. The van der Waals surface area contributed by atoms with Gasteiger partial charge in [0.25, 0.3) is 0 Å². The lowest BCUT2D eigenvalue weighted by Gasteiger charge is -2.28. The number of rotatable bonds is 25. The minimum Gasteiger partial charge on any atom is -0.460 e. The highest BCUT2D eigenvalue weighted by Crippen LogP contribution is 2.39. The van der Waals surface area contributed by atoms with Crippen LogP contribution in [0.3, 0.4) is 0 Å². The second kappa shape index (κ2) is 24.6. The van der Waals surface area contributed by atoms with Gasteiger partial charge in [0.1, 0.15) is 13.2 Å². The lowest BCUT2D eigenvalue weighted by atomic mass is 9.79. The Bertz CT molecular complexity index is 1750. The van der Waals surface area contributed by atoms with Crippen LogP contribution < -0.4 is 4.74 Å². The molecule has 0 spiro atoms. The van der Waals surface area contributed by atoms with E-state index in [4.69, 9.17) is 27.1 Å². The molecule has 322 valence electrons. The molecule has 5 atom stereocenters. The Morgan fingerprint density at radius 2 is 1.47 bits per heavy atom. The number of unbranched alkanes of at least 4 members (excludes halogenated alkanes) is 1. The van der Waals surface area contributed by atoms with Crippen LogP contribution in [-0.2, 0) is 43.5 Å². The molecule has 0 aliphatic heterocycles. The van der Waals surface area contributed by atoms with Crippen molar-refractivity contribution in [2.45, 2.75) is 162 Å². The van der Waals surface area contributed by atoms with Crippen LogP contribution in [0.4, 0.5) is 0 Å². The maximum absolute atomic E-state index is 13.5. The average Bonchev–Trinajstić information content (AvgIpc) is 3.51. The average molecular weight is 814 g/mol. The summed E-state index contributed by atoms with van der Waals surface area (Å²) in [5, 5.41) is 32.1. The van der Waals surface area contributed by atoms with E-state index in [1.807, 2.05) is 70.2 Å². The van der Waals surface area contributed by atoms with Crippen molar-refractivity contribution in [1.29, 1.82) is 0 Å². The number of allylic oxidation sites excluding steroid dienone is 2. The largest absolute Gasteiger partial charge is 0.460 e. The molecule has 0 radical (unpaired) electrons. The summed E-state index contributed by atoms with van der Waals surface area (Å²) in [6, 6.07) is 10.0. The molecule has 10 heteroatoms. The standard InChI is InChI=1S/C49H67NO9/c1-8-29-48(10-3,11-4)46(55)57-33-37-32-50-35(7)45(41(37)34-58-47(56)49(12-5,13-6)30-9-2)59-44(54)24-20-15-14-19-23-39-40(43(53)31-42(39)52)28-27-38(51)26-25-36-21-17-16-18-22-36/h1-2,14,16-19,21-22,32,38-40,42-43,51-53H,10-13,15,20,23-31,33-34H2,3-7H3/b19-14-/t38-,39+,40+,42-,43+/m0/s1. The first-order valence-corrected chi connectivity index (χ1v) is 21.5. The van der Waals surface area contributed by atoms with Gasteiger partial charge < -0.3 is 29.5 Å². The van der Waals surface area contributed by atoms with Crippen LogP contribution in [-0.4, -0.2) is 56.5 Å². The smallest absolute Gasteiger partial charge is 0.313 e. The van der Waals surface area contributed by atoms with E-state index in [2.05, 4.69) is 16.8 Å². The zero-order valence-corrected chi connectivity index (χ0v) is 35.9. The molecular weight excluding hydrogens is 747 g/mol. The molecule has 3 N–H and O–H groups in total. The summed E-state index contributed by atoms with van der Waals surface area (Å²) in [6.07, 6.45) is 22.1. The summed E-state index contributed by atoms with van der Waals surface area (Å²) in [4.78, 5) is 44.5. The van der Waals surface area contributed by atoms with Crippen LogP contribution >= 0.6 is 0 Å². The van der Waals surface area contributed by atoms with E-state index in [0.29, 0.717) is 87.4 Å². The van der Waals surface area contributed by atoms with Crippen molar-refractivity contribution >= 4 is 17.9 Å². The number of hydrogen-bond donors (Lipinski definition) is 3. The summed E-state index contributed by atoms with van der Waals surface area (Å²) in [5.41, 5.74) is 0.676. The van der Waals surface area contributed by atoms with Crippen LogP contribution in [0.1, 0.15) is 140 Å². The lowest BCUT2D eigenvalue weighted by Crippen LogP contribution is -2.32. The number of esters is 3. The Morgan fingerprint density at radius 1 is 0.881 bits per heavy atom. The van der Waals surface area contributed by atoms with E-state index < -0.39 is 47.0 Å². The zero-order valence-electron chi connectivity index (χ0n) is 35.9. The lowest BCUT2D eigenvalue weighted by molar-refractivity contribution is -0.159. The van der Waals surface area contributed by atoms with Crippen molar-refractivity contribution < 1.29 is 43.9 Å². The van der Waals surface area contributed by atoms with E-state index in [0.717, 1.165) is 6.42 Å². The number of benzene rings is 1. The van der Waals surface area contributed by atoms with Crippen LogP contribution in [0.2, 0.25) is 0 Å². The molecule has 59 heavy (non-hydrogen) atoms. The summed E-state index contributed by atoms with van der Waals surface area (Å²) in [7, 11) is 0. The van der Waals surface area contributed by atoms with Crippen molar-refractivity contribution in [2.24, 2.45) is 22.7 Å². The number of aromatic nitrogens is 1. The van der Waals surface area contributed by atoms with Gasteiger partial charge in [-0.1, -0.05) is 70.2 Å². The summed E-state index contributed by atoms with van der Waals surface area (Å²) in [6.45, 7) is 8.80.